The molecule has 1 rings (SSSR count). The number of nitrogens with zero attached hydrogens (tertiary/aromatic N) is 3. The van der Waals surface area contributed by atoms with Crippen molar-refractivity contribution in [3.8, 4) is 0 Å². The Morgan fingerprint density at radius 1 is 1.25 bits per heavy atom. The summed E-state index contributed by atoms with van der Waals surface area (Å²) >= 11 is 1.79. The van der Waals surface area contributed by atoms with Gasteiger partial charge in [-0.05, 0) is 27.9 Å². The molecule has 0 radical (unpaired) electrons. The van der Waals surface area contributed by atoms with Crippen LogP contribution in [0.1, 0.15) is 11.4 Å². The molecule has 0 aliphatic rings. The Labute approximate surface area is 102 Å². The van der Waals surface area contributed by atoms with Gasteiger partial charge in [-0.1, -0.05) is 0 Å². The van der Waals surface area contributed by atoms with Gasteiger partial charge in [0, 0.05) is 24.9 Å². The van der Waals surface area contributed by atoms with Crippen molar-refractivity contribution in [3.63, 3.8) is 0 Å². The number of anilines is 1. The summed E-state index contributed by atoms with van der Waals surface area (Å²) in [5.41, 5.74) is 1.14. The third kappa shape index (κ3) is 3.64. The lowest BCUT2D eigenvalue weighted by atomic mass is 10.3. The van der Waals surface area contributed by atoms with Crippen LogP contribution in [0.3, 0.4) is 0 Å². The van der Waals surface area contributed by atoms with Crippen LogP contribution in [0.15, 0.2) is 5.03 Å². The Balaban J connectivity index is 2.75. The third-order valence-corrected chi connectivity index (χ3v) is 3.28. The van der Waals surface area contributed by atoms with Gasteiger partial charge in [0.15, 0.2) is 0 Å². The minimum absolute atomic E-state index is 0.822. The van der Waals surface area contributed by atoms with Gasteiger partial charge in [0.05, 0.1) is 0 Å². The molecule has 16 heavy (non-hydrogen) atoms. The zero-order chi connectivity index (χ0) is 12.1. The summed E-state index contributed by atoms with van der Waals surface area (Å²) in [5.74, 6) is 2.80. The Kier molecular flexibility index (Phi) is 5.02. The van der Waals surface area contributed by atoms with Crippen molar-refractivity contribution in [2.24, 2.45) is 0 Å². The highest BCUT2D eigenvalue weighted by atomic mass is 32.2. The van der Waals surface area contributed by atoms with E-state index in [1.165, 1.54) is 0 Å². The van der Waals surface area contributed by atoms with Gasteiger partial charge in [0.2, 0.25) is 0 Å². The van der Waals surface area contributed by atoms with Crippen molar-refractivity contribution in [1.82, 2.24) is 14.9 Å². The van der Waals surface area contributed by atoms with E-state index >= 15 is 0 Å². The summed E-state index contributed by atoms with van der Waals surface area (Å²) in [6.45, 7) is 5.04. The van der Waals surface area contributed by atoms with Gasteiger partial charge in [0.25, 0.3) is 0 Å². The van der Waals surface area contributed by atoms with Crippen LogP contribution in [0.4, 0.5) is 5.82 Å². The molecule has 1 N–H and O–H groups in total. The first-order chi connectivity index (χ1) is 7.54. The van der Waals surface area contributed by atoms with Gasteiger partial charge < -0.3 is 10.2 Å². The van der Waals surface area contributed by atoms with E-state index in [0.717, 1.165) is 34.5 Å². The molecule has 0 aromatic carbocycles. The summed E-state index contributed by atoms with van der Waals surface area (Å²) in [6.07, 6.45) is 0. The lowest BCUT2D eigenvalue weighted by Crippen LogP contribution is -2.15. The molecular formula is C11H20N4S. The molecule has 0 amide bonds. The zero-order valence-corrected chi connectivity index (χ0v) is 11.5. The molecule has 0 aliphatic carbocycles. The van der Waals surface area contributed by atoms with Gasteiger partial charge in [-0.2, -0.15) is 0 Å². The Hall–Kier alpha value is -0.810. The molecule has 0 unspecified atom stereocenters. The molecule has 0 spiro atoms. The molecule has 4 nitrogen and oxygen atoms in total. The quantitative estimate of drug-likeness (QED) is 0.628. The van der Waals surface area contributed by atoms with E-state index in [9.17, 15) is 0 Å². The molecular weight excluding hydrogens is 220 g/mol. The summed E-state index contributed by atoms with van der Waals surface area (Å²) in [6, 6.07) is 0. The minimum Gasteiger partial charge on any atom is -0.373 e. The molecule has 0 bridgehead atoms. The highest BCUT2D eigenvalue weighted by Crippen LogP contribution is 2.24. The second-order valence-corrected chi connectivity index (χ2v) is 5.03. The molecule has 90 valence electrons. The summed E-state index contributed by atoms with van der Waals surface area (Å²) in [7, 11) is 6.05. The molecule has 1 heterocycles. The van der Waals surface area contributed by atoms with E-state index < -0.39 is 0 Å². The van der Waals surface area contributed by atoms with E-state index in [4.69, 9.17) is 0 Å². The fourth-order valence-corrected chi connectivity index (χ4v) is 2.47. The van der Waals surface area contributed by atoms with Gasteiger partial charge in [-0.3, -0.25) is 0 Å². The topological polar surface area (TPSA) is 41.1 Å². The van der Waals surface area contributed by atoms with Crippen LogP contribution < -0.4 is 5.32 Å². The van der Waals surface area contributed by atoms with Crippen molar-refractivity contribution < 1.29 is 0 Å². The fourth-order valence-electron chi connectivity index (χ4n) is 1.31. The second kappa shape index (κ2) is 6.06. The average Bonchev–Trinajstić information content (AvgIpc) is 2.22. The first-order valence-corrected chi connectivity index (χ1v) is 6.33. The number of thioether (sulfide) groups is 1. The highest BCUT2D eigenvalue weighted by molar-refractivity contribution is 7.99. The minimum atomic E-state index is 0.822. The Morgan fingerprint density at radius 2 is 1.94 bits per heavy atom. The molecule has 1 aromatic rings. The number of hydrogen-bond donors (Lipinski definition) is 1. The van der Waals surface area contributed by atoms with Crippen LogP contribution in [-0.4, -0.2) is 48.3 Å². The fraction of sp³-hybridized carbons (Fsp3) is 0.636. The Morgan fingerprint density at radius 3 is 2.50 bits per heavy atom. The zero-order valence-electron chi connectivity index (χ0n) is 10.7. The first-order valence-electron chi connectivity index (χ1n) is 5.35. The predicted octanol–water partition coefficient (Wildman–Crippen LogP) is 1.79. The number of aromatic nitrogens is 2. The maximum absolute atomic E-state index is 4.47. The maximum atomic E-state index is 4.47. The van der Waals surface area contributed by atoms with Crippen LogP contribution >= 0.6 is 11.8 Å². The van der Waals surface area contributed by atoms with E-state index in [0.29, 0.717) is 0 Å². The number of aryl methyl sites for hydroxylation is 1. The monoisotopic (exact) mass is 240 g/mol. The van der Waals surface area contributed by atoms with Gasteiger partial charge in [0.1, 0.15) is 16.7 Å². The molecule has 0 fully saturated rings. The lowest BCUT2D eigenvalue weighted by molar-refractivity contribution is 0.437. The lowest BCUT2D eigenvalue weighted by Gasteiger charge is -2.12. The second-order valence-electron chi connectivity index (χ2n) is 3.95. The molecule has 0 saturated heterocycles. The van der Waals surface area contributed by atoms with Crippen LogP contribution in [0.5, 0.6) is 0 Å². The van der Waals surface area contributed by atoms with E-state index in [1.54, 1.807) is 11.8 Å². The SMILES string of the molecule is CNc1nc(C)nc(SCCN(C)C)c1C. The Bertz CT molecular complexity index is 352. The van der Waals surface area contributed by atoms with Crippen molar-refractivity contribution in [1.29, 1.82) is 0 Å². The maximum Gasteiger partial charge on any atom is 0.133 e. The number of rotatable bonds is 5. The standard InChI is InChI=1S/C11H20N4S/c1-8-10(12-3)13-9(2)14-11(8)16-7-6-15(4)5/h6-7H2,1-5H3,(H,12,13,14). The van der Waals surface area contributed by atoms with Crippen LogP contribution in [0.2, 0.25) is 0 Å². The molecule has 1 aromatic heterocycles. The van der Waals surface area contributed by atoms with Crippen molar-refractivity contribution in [3.05, 3.63) is 11.4 Å². The van der Waals surface area contributed by atoms with Crippen LogP contribution in [0, 0.1) is 13.8 Å². The normalized spacial score (nSPS) is 10.9. The van der Waals surface area contributed by atoms with E-state index in [1.807, 2.05) is 14.0 Å². The summed E-state index contributed by atoms with van der Waals surface area (Å²) < 4.78 is 0. The number of hydrogen-bond acceptors (Lipinski definition) is 5. The van der Waals surface area contributed by atoms with Crippen molar-refractivity contribution in [2.45, 2.75) is 18.9 Å². The van der Waals surface area contributed by atoms with Crippen molar-refractivity contribution in [2.75, 3.05) is 38.8 Å². The third-order valence-electron chi connectivity index (χ3n) is 2.23. The van der Waals surface area contributed by atoms with E-state index in [2.05, 4.69) is 41.2 Å². The summed E-state index contributed by atoms with van der Waals surface area (Å²) in [5, 5.41) is 4.18. The van der Waals surface area contributed by atoms with Gasteiger partial charge >= 0.3 is 0 Å². The highest BCUT2D eigenvalue weighted by Gasteiger charge is 2.08. The predicted molar refractivity (Wildman–Crippen MR) is 70.3 cm³/mol. The first kappa shape index (κ1) is 13.3. The average molecular weight is 240 g/mol. The van der Waals surface area contributed by atoms with Crippen LogP contribution in [-0.2, 0) is 0 Å². The van der Waals surface area contributed by atoms with Crippen molar-refractivity contribution >= 4 is 17.6 Å². The largest absolute Gasteiger partial charge is 0.373 e. The molecule has 0 aliphatic heterocycles. The summed E-state index contributed by atoms with van der Waals surface area (Å²) in [4.78, 5) is 11.0. The molecule has 5 heteroatoms. The molecule has 0 atom stereocenters. The smallest absolute Gasteiger partial charge is 0.133 e. The van der Waals surface area contributed by atoms with Gasteiger partial charge in [-0.15, -0.1) is 11.8 Å². The number of nitrogens with one attached hydrogen (secondary N) is 1. The van der Waals surface area contributed by atoms with Gasteiger partial charge in [-0.25, -0.2) is 9.97 Å². The molecule has 0 saturated carbocycles. The van der Waals surface area contributed by atoms with E-state index in [-0.39, 0.29) is 0 Å². The van der Waals surface area contributed by atoms with Crippen LogP contribution in [0.25, 0.3) is 0 Å².